The molecule has 9 nitrogen and oxygen atoms in total. The van der Waals surface area contributed by atoms with Gasteiger partial charge in [-0.1, -0.05) is 49.0 Å². The largest absolute Gasteiger partial charge is 0.454 e. The molecule has 0 aromatic heterocycles. The third-order valence-electron chi connectivity index (χ3n) is 6.80. The smallest absolute Gasteiger partial charge is 0.244 e. The molecular formula is C26H31Cl2N3O6S. The van der Waals surface area contributed by atoms with E-state index in [0.717, 1.165) is 36.2 Å². The Labute approximate surface area is 233 Å². The highest BCUT2D eigenvalue weighted by atomic mass is 35.5. The fraction of sp³-hybridized carbons (Fsp3) is 0.462. The van der Waals surface area contributed by atoms with E-state index in [1.807, 2.05) is 0 Å². The Balaban J connectivity index is 1.66. The van der Waals surface area contributed by atoms with Gasteiger partial charge in [-0.2, -0.15) is 0 Å². The zero-order chi connectivity index (χ0) is 27.4. The quantitative estimate of drug-likeness (QED) is 0.445. The van der Waals surface area contributed by atoms with Crippen molar-refractivity contribution < 1.29 is 27.5 Å². The van der Waals surface area contributed by atoms with Crippen LogP contribution in [0.1, 0.15) is 44.6 Å². The van der Waals surface area contributed by atoms with E-state index in [0.29, 0.717) is 33.5 Å². The molecule has 1 N–H and O–H groups in total. The van der Waals surface area contributed by atoms with Crippen LogP contribution in [0.4, 0.5) is 5.69 Å². The van der Waals surface area contributed by atoms with E-state index < -0.39 is 28.5 Å². The molecule has 2 aromatic carbocycles. The highest BCUT2D eigenvalue weighted by Gasteiger charge is 2.34. The van der Waals surface area contributed by atoms with E-state index in [2.05, 4.69) is 5.32 Å². The maximum atomic E-state index is 13.9. The van der Waals surface area contributed by atoms with Crippen LogP contribution < -0.4 is 19.1 Å². The number of nitrogens with one attached hydrogen (secondary N) is 1. The van der Waals surface area contributed by atoms with Crippen LogP contribution in [0.5, 0.6) is 11.5 Å². The van der Waals surface area contributed by atoms with Crippen molar-refractivity contribution in [2.75, 3.05) is 23.9 Å². The number of fused-ring (bicyclic) bond motifs is 1. The van der Waals surface area contributed by atoms with Crippen LogP contribution in [0.2, 0.25) is 10.0 Å². The van der Waals surface area contributed by atoms with Crippen molar-refractivity contribution >= 4 is 50.7 Å². The van der Waals surface area contributed by atoms with Crippen LogP contribution >= 0.6 is 23.2 Å². The van der Waals surface area contributed by atoms with Gasteiger partial charge >= 0.3 is 0 Å². The van der Waals surface area contributed by atoms with Gasteiger partial charge in [0.25, 0.3) is 0 Å². The van der Waals surface area contributed by atoms with Crippen LogP contribution in [-0.2, 0) is 26.2 Å². The van der Waals surface area contributed by atoms with Gasteiger partial charge in [-0.3, -0.25) is 13.9 Å². The lowest BCUT2D eigenvalue weighted by molar-refractivity contribution is -0.140. The zero-order valence-electron chi connectivity index (χ0n) is 21.3. The fourth-order valence-corrected chi connectivity index (χ4v) is 6.15. The van der Waals surface area contributed by atoms with Crippen LogP contribution in [0.15, 0.2) is 36.4 Å². The van der Waals surface area contributed by atoms with Gasteiger partial charge in [0.1, 0.15) is 12.6 Å². The minimum atomic E-state index is -3.89. The predicted octanol–water partition coefficient (Wildman–Crippen LogP) is 4.35. The van der Waals surface area contributed by atoms with Crippen molar-refractivity contribution in [3.8, 4) is 11.5 Å². The van der Waals surface area contributed by atoms with Crippen LogP contribution in [0, 0.1) is 0 Å². The molecule has 206 valence electrons. The summed E-state index contributed by atoms with van der Waals surface area (Å²) in [4.78, 5) is 28.6. The number of sulfonamides is 1. The van der Waals surface area contributed by atoms with Crippen molar-refractivity contribution in [2.24, 2.45) is 0 Å². The molecule has 2 aromatic rings. The maximum Gasteiger partial charge on any atom is 0.244 e. The number of hydrogen-bond acceptors (Lipinski definition) is 6. The number of amides is 2. The Morgan fingerprint density at radius 3 is 2.37 bits per heavy atom. The number of rotatable bonds is 10. The normalized spacial score (nSPS) is 15.8. The molecule has 0 spiro atoms. The number of hydrogen-bond donors (Lipinski definition) is 1. The van der Waals surface area contributed by atoms with Gasteiger partial charge in [-0.15, -0.1) is 0 Å². The third-order valence-corrected chi connectivity index (χ3v) is 8.65. The molecule has 1 saturated carbocycles. The van der Waals surface area contributed by atoms with Crippen LogP contribution in [0.3, 0.4) is 0 Å². The minimum absolute atomic E-state index is 0.0250. The molecule has 1 atom stereocenters. The summed E-state index contributed by atoms with van der Waals surface area (Å²) >= 11 is 12.8. The lowest BCUT2D eigenvalue weighted by Crippen LogP contribution is -2.53. The number of carbonyl (C=O) groups excluding carboxylic acids is 2. The lowest BCUT2D eigenvalue weighted by Gasteiger charge is -2.33. The van der Waals surface area contributed by atoms with E-state index in [1.165, 1.54) is 11.0 Å². The van der Waals surface area contributed by atoms with Crippen LogP contribution in [-0.4, -0.2) is 56.8 Å². The highest BCUT2D eigenvalue weighted by Crippen LogP contribution is 2.36. The van der Waals surface area contributed by atoms with Gasteiger partial charge < -0.3 is 19.7 Å². The zero-order valence-corrected chi connectivity index (χ0v) is 23.6. The molecule has 4 rings (SSSR count). The molecule has 1 aliphatic heterocycles. The molecule has 1 heterocycles. The Hall–Kier alpha value is -2.69. The molecule has 1 aliphatic carbocycles. The van der Waals surface area contributed by atoms with Gasteiger partial charge in [0.15, 0.2) is 11.5 Å². The van der Waals surface area contributed by atoms with Gasteiger partial charge in [-0.05, 0) is 43.5 Å². The first-order chi connectivity index (χ1) is 18.1. The van der Waals surface area contributed by atoms with E-state index in [-0.39, 0.29) is 31.0 Å². The van der Waals surface area contributed by atoms with Gasteiger partial charge in [0.2, 0.25) is 28.6 Å². The summed E-state index contributed by atoms with van der Waals surface area (Å²) in [5.74, 6) is 0.00578. The summed E-state index contributed by atoms with van der Waals surface area (Å²) in [7, 11) is -3.89. The number of nitrogens with zero attached hydrogens (tertiary/aromatic N) is 2. The second-order valence-electron chi connectivity index (χ2n) is 9.44. The molecule has 2 amide bonds. The summed E-state index contributed by atoms with van der Waals surface area (Å²) in [5.41, 5.74) is 0.717. The molecule has 1 fully saturated rings. The van der Waals surface area contributed by atoms with E-state index >= 15 is 0 Å². The summed E-state index contributed by atoms with van der Waals surface area (Å²) < 4.78 is 37.3. The third kappa shape index (κ3) is 6.47. The number of benzene rings is 2. The molecule has 0 bridgehead atoms. The first kappa shape index (κ1) is 28.3. The molecule has 38 heavy (non-hydrogen) atoms. The average Bonchev–Trinajstić information content (AvgIpc) is 3.54. The fourth-order valence-electron chi connectivity index (χ4n) is 4.79. The number of carbonyl (C=O) groups is 2. The highest BCUT2D eigenvalue weighted by molar-refractivity contribution is 7.92. The summed E-state index contributed by atoms with van der Waals surface area (Å²) in [5, 5.41) is 3.75. The van der Waals surface area contributed by atoms with Crippen molar-refractivity contribution in [1.82, 2.24) is 10.2 Å². The van der Waals surface area contributed by atoms with Gasteiger partial charge in [0, 0.05) is 34.3 Å². The second kappa shape index (κ2) is 12.0. The number of anilines is 1. The van der Waals surface area contributed by atoms with Gasteiger partial charge in [-0.25, -0.2) is 8.42 Å². The first-order valence-electron chi connectivity index (χ1n) is 12.5. The maximum absolute atomic E-state index is 13.9. The second-order valence-corrected chi connectivity index (χ2v) is 12.2. The molecule has 0 radical (unpaired) electrons. The molecule has 2 aliphatic rings. The first-order valence-corrected chi connectivity index (χ1v) is 15.1. The lowest BCUT2D eigenvalue weighted by atomic mass is 10.1. The number of halogens is 2. The van der Waals surface area contributed by atoms with E-state index in [4.69, 9.17) is 32.7 Å². The molecule has 12 heteroatoms. The minimum Gasteiger partial charge on any atom is -0.454 e. The van der Waals surface area contributed by atoms with Crippen LogP contribution in [0.25, 0.3) is 0 Å². The molecular weight excluding hydrogens is 553 g/mol. The van der Waals surface area contributed by atoms with Crippen molar-refractivity contribution in [3.63, 3.8) is 0 Å². The standard InChI is InChI=1S/C26H31Cl2N3O6S/c1-3-22(26(33)29-17-7-4-5-8-17)30(14-19-20(27)9-6-10-21(19)28)25(32)15-31(38(2,34)35)18-11-12-23-24(13-18)37-16-36-23/h6,9-13,17,22H,3-5,7-8,14-16H2,1-2H3,(H,29,33)/t22-/m0/s1. The average molecular weight is 585 g/mol. The summed E-state index contributed by atoms with van der Waals surface area (Å²) in [6.07, 6.45) is 5.19. The van der Waals surface area contributed by atoms with Crippen molar-refractivity contribution in [2.45, 2.75) is 57.7 Å². The van der Waals surface area contributed by atoms with E-state index in [9.17, 15) is 18.0 Å². The predicted molar refractivity (Wildman–Crippen MR) is 146 cm³/mol. The monoisotopic (exact) mass is 583 g/mol. The Bertz CT molecular complexity index is 1280. The van der Waals surface area contributed by atoms with E-state index in [1.54, 1.807) is 37.3 Å². The van der Waals surface area contributed by atoms with Crippen molar-refractivity contribution in [1.29, 1.82) is 0 Å². The molecule has 0 saturated heterocycles. The summed E-state index contributed by atoms with van der Waals surface area (Å²) in [6, 6.07) is 8.84. The Kier molecular flexibility index (Phi) is 8.95. The molecule has 0 unspecified atom stereocenters. The topological polar surface area (TPSA) is 105 Å². The Morgan fingerprint density at radius 1 is 1.08 bits per heavy atom. The summed E-state index contributed by atoms with van der Waals surface area (Å²) in [6.45, 7) is 1.23. The Morgan fingerprint density at radius 2 is 1.74 bits per heavy atom. The number of ether oxygens (including phenoxy) is 2. The SMILES string of the molecule is CC[C@@H](C(=O)NC1CCCC1)N(Cc1c(Cl)cccc1Cl)C(=O)CN(c1ccc2c(c1)OCO2)S(C)(=O)=O. The van der Waals surface area contributed by atoms with Crippen molar-refractivity contribution in [3.05, 3.63) is 52.0 Å². The van der Waals surface area contributed by atoms with Gasteiger partial charge in [0.05, 0.1) is 11.9 Å².